The molecule has 2 fully saturated rings. The van der Waals surface area contributed by atoms with Gasteiger partial charge in [-0.25, -0.2) is 13.9 Å². The zero-order valence-electron chi connectivity index (χ0n) is 21.9. The molecule has 2 aliphatic heterocycles. The number of anilines is 1. The minimum absolute atomic E-state index is 0.0844. The van der Waals surface area contributed by atoms with E-state index in [0.29, 0.717) is 17.0 Å². The van der Waals surface area contributed by atoms with Crippen molar-refractivity contribution in [2.75, 3.05) is 25.6 Å². The Balaban J connectivity index is 1.39. The molecule has 216 valence electrons. The van der Waals surface area contributed by atoms with Crippen molar-refractivity contribution in [3.8, 4) is 5.88 Å². The number of esters is 1. The molecule has 0 radical (unpaired) electrons. The molecule has 0 amide bonds. The average Bonchev–Trinajstić information content (AvgIpc) is 3.41. The molecule has 13 nitrogen and oxygen atoms in total. The fraction of sp³-hybridized carbons (Fsp3) is 0.500. The smallest absolute Gasteiger partial charge is 0.475 e. The van der Waals surface area contributed by atoms with Crippen LogP contribution in [0.25, 0.3) is 11.2 Å². The Morgan fingerprint density at radius 3 is 2.90 bits per heavy atom. The molecule has 4 heterocycles. The zero-order valence-corrected chi connectivity index (χ0v) is 23.5. The van der Waals surface area contributed by atoms with Gasteiger partial charge in [-0.15, -0.1) is 0 Å². The summed E-state index contributed by atoms with van der Waals surface area (Å²) >= 11 is 6.08. The summed E-state index contributed by atoms with van der Waals surface area (Å²) in [5.41, 5.74) is 4.61. The highest BCUT2D eigenvalue weighted by Gasteiger charge is 2.58. The first-order chi connectivity index (χ1) is 19.0. The predicted molar refractivity (Wildman–Crippen MR) is 139 cm³/mol. The van der Waals surface area contributed by atoms with E-state index in [1.807, 2.05) is 0 Å². The maximum Gasteiger partial charge on any atom is 0.475 e. The van der Waals surface area contributed by atoms with Crippen molar-refractivity contribution in [1.82, 2.24) is 19.5 Å². The standard InChI is InChI=1S/C24H28ClFN5O8P/c1-4-34-21-18-20(29-23(27)30-21)31(12-28-18)22-24(3,26)19(37-13(2)32)17(38-22)11-36-40(33)35-9-8-16(39-40)14-6-5-7-15(25)10-14/h5-7,10,12,16-17,19,22H,4,8-9,11H2,1-3H3,(H2,27,29,30)/t16-,17+,19+,22+,24+,40+/m0/s1. The lowest BCUT2D eigenvalue weighted by Gasteiger charge is -2.30. The highest BCUT2D eigenvalue weighted by molar-refractivity contribution is 7.48. The van der Waals surface area contributed by atoms with Gasteiger partial charge in [0.2, 0.25) is 11.8 Å². The molecule has 2 aliphatic rings. The van der Waals surface area contributed by atoms with E-state index >= 15 is 4.39 Å². The van der Waals surface area contributed by atoms with E-state index < -0.39 is 50.6 Å². The molecule has 0 unspecified atom stereocenters. The van der Waals surface area contributed by atoms with E-state index in [2.05, 4.69) is 15.0 Å². The van der Waals surface area contributed by atoms with Crippen LogP contribution in [0.3, 0.4) is 0 Å². The van der Waals surface area contributed by atoms with Crippen LogP contribution in [0.1, 0.15) is 45.1 Å². The molecule has 16 heteroatoms. The number of aromatic nitrogens is 4. The summed E-state index contributed by atoms with van der Waals surface area (Å²) in [6.07, 6.45) is -2.96. The van der Waals surface area contributed by atoms with Gasteiger partial charge in [0.05, 0.1) is 32.3 Å². The molecule has 40 heavy (non-hydrogen) atoms. The molecule has 5 rings (SSSR count). The molecule has 2 aromatic heterocycles. The first-order valence-corrected chi connectivity index (χ1v) is 14.3. The van der Waals surface area contributed by atoms with E-state index in [0.717, 1.165) is 6.92 Å². The lowest BCUT2D eigenvalue weighted by Crippen LogP contribution is -2.43. The summed E-state index contributed by atoms with van der Waals surface area (Å²) < 4.78 is 64.5. The number of benzene rings is 1. The normalized spacial score (nSPS) is 30.4. The molecule has 6 atom stereocenters. The number of fused-ring (bicyclic) bond motifs is 1. The molecular weight excluding hydrogens is 572 g/mol. The highest BCUT2D eigenvalue weighted by Crippen LogP contribution is 2.57. The summed E-state index contributed by atoms with van der Waals surface area (Å²) in [6, 6.07) is 6.93. The van der Waals surface area contributed by atoms with E-state index in [9.17, 15) is 9.36 Å². The van der Waals surface area contributed by atoms with Crippen LogP contribution in [-0.2, 0) is 32.4 Å². The Kier molecular flexibility index (Phi) is 8.01. The Labute approximate surface area is 233 Å². The molecule has 0 aliphatic carbocycles. The Morgan fingerprint density at radius 1 is 1.38 bits per heavy atom. The number of phosphoric acid groups is 1. The Morgan fingerprint density at radius 2 is 2.17 bits per heavy atom. The molecular formula is C24H28ClFN5O8P. The van der Waals surface area contributed by atoms with Gasteiger partial charge in [0.1, 0.15) is 6.10 Å². The maximum absolute atomic E-state index is 16.4. The second kappa shape index (κ2) is 11.2. The second-order valence-corrected chi connectivity index (χ2v) is 11.4. The molecule has 1 aromatic carbocycles. The fourth-order valence-corrected chi connectivity index (χ4v) is 6.29. The predicted octanol–water partition coefficient (Wildman–Crippen LogP) is 4.32. The van der Waals surface area contributed by atoms with Crippen LogP contribution in [0.5, 0.6) is 5.88 Å². The van der Waals surface area contributed by atoms with Gasteiger partial charge in [0, 0.05) is 18.4 Å². The van der Waals surface area contributed by atoms with Gasteiger partial charge >= 0.3 is 13.8 Å². The number of rotatable bonds is 8. The van der Waals surface area contributed by atoms with Gasteiger partial charge in [-0.05, 0) is 31.5 Å². The van der Waals surface area contributed by atoms with Crippen LogP contribution >= 0.6 is 19.4 Å². The van der Waals surface area contributed by atoms with Gasteiger partial charge in [-0.2, -0.15) is 9.97 Å². The summed E-state index contributed by atoms with van der Waals surface area (Å²) in [5, 5.41) is 0.493. The van der Waals surface area contributed by atoms with Crippen LogP contribution in [0, 0.1) is 0 Å². The molecule has 0 saturated carbocycles. The third kappa shape index (κ3) is 5.65. The van der Waals surface area contributed by atoms with Crippen LogP contribution in [0.2, 0.25) is 5.02 Å². The monoisotopic (exact) mass is 599 g/mol. The van der Waals surface area contributed by atoms with Gasteiger partial charge < -0.3 is 19.9 Å². The lowest BCUT2D eigenvalue weighted by molar-refractivity contribution is -0.155. The van der Waals surface area contributed by atoms with E-state index in [-0.39, 0.29) is 36.2 Å². The van der Waals surface area contributed by atoms with E-state index in [4.69, 9.17) is 45.1 Å². The maximum atomic E-state index is 16.4. The molecule has 0 spiro atoms. The average molecular weight is 600 g/mol. The number of nitrogens with two attached hydrogens (primary N) is 1. The third-order valence-electron chi connectivity index (χ3n) is 6.42. The van der Waals surface area contributed by atoms with E-state index in [1.165, 1.54) is 17.8 Å². The number of ether oxygens (including phenoxy) is 3. The largest absolute Gasteiger partial charge is 0.476 e. The number of hydrogen-bond donors (Lipinski definition) is 1. The van der Waals surface area contributed by atoms with Crippen molar-refractivity contribution in [3.63, 3.8) is 0 Å². The number of carbonyl (C=O) groups is 1. The summed E-state index contributed by atoms with van der Waals surface area (Å²) in [4.78, 5) is 24.4. The summed E-state index contributed by atoms with van der Waals surface area (Å²) in [6.45, 7) is 3.99. The van der Waals surface area contributed by atoms with Gasteiger partial charge in [0.15, 0.2) is 29.2 Å². The van der Waals surface area contributed by atoms with Crippen molar-refractivity contribution < 1.29 is 41.5 Å². The number of phosphoric ester groups is 1. The summed E-state index contributed by atoms with van der Waals surface area (Å²) in [7, 11) is -4.10. The highest BCUT2D eigenvalue weighted by atomic mass is 35.5. The van der Waals surface area contributed by atoms with Crippen molar-refractivity contribution in [1.29, 1.82) is 0 Å². The minimum atomic E-state index is -4.10. The van der Waals surface area contributed by atoms with Crippen LogP contribution < -0.4 is 10.5 Å². The second-order valence-electron chi connectivity index (χ2n) is 9.37. The van der Waals surface area contributed by atoms with Crippen LogP contribution in [0.4, 0.5) is 10.3 Å². The Bertz CT molecular complexity index is 1460. The number of imidazole rings is 1. The van der Waals surface area contributed by atoms with Crippen molar-refractivity contribution in [2.24, 2.45) is 0 Å². The number of nitrogens with zero attached hydrogens (tertiary/aromatic N) is 4. The molecule has 0 bridgehead atoms. The molecule has 2 saturated heterocycles. The quantitative estimate of drug-likeness (QED) is 0.289. The van der Waals surface area contributed by atoms with Crippen molar-refractivity contribution in [3.05, 3.63) is 41.2 Å². The minimum Gasteiger partial charge on any atom is -0.476 e. The first-order valence-electron chi connectivity index (χ1n) is 12.5. The number of hydrogen-bond acceptors (Lipinski definition) is 12. The van der Waals surface area contributed by atoms with Gasteiger partial charge in [-0.1, -0.05) is 23.7 Å². The SMILES string of the molecule is CCOc1nc(N)nc2c1ncn2[C@@H]1O[C@H](CO[P@@]2(=O)OCC[C@@H](c3cccc(Cl)c3)O2)[C@@H](OC(C)=O)[C@@]1(C)F. The van der Waals surface area contributed by atoms with Crippen LogP contribution in [0.15, 0.2) is 30.6 Å². The molecule has 3 aromatic rings. The lowest BCUT2D eigenvalue weighted by atomic mass is 9.98. The third-order valence-corrected chi connectivity index (χ3v) is 8.13. The number of carbonyl (C=O) groups excluding carboxylic acids is 1. The first kappa shape index (κ1) is 28.7. The number of alkyl halides is 1. The van der Waals surface area contributed by atoms with Crippen LogP contribution in [-0.4, -0.2) is 63.2 Å². The number of nitrogen functional groups attached to an aromatic ring is 1. The zero-order chi connectivity index (χ0) is 28.7. The fourth-order valence-electron chi connectivity index (χ4n) is 4.70. The van der Waals surface area contributed by atoms with Gasteiger partial charge in [0.25, 0.3) is 0 Å². The van der Waals surface area contributed by atoms with Crippen molar-refractivity contribution in [2.45, 2.75) is 57.4 Å². The number of halogens is 2. The van der Waals surface area contributed by atoms with Crippen molar-refractivity contribution >= 4 is 42.5 Å². The van der Waals surface area contributed by atoms with Gasteiger partial charge in [-0.3, -0.25) is 22.9 Å². The summed E-state index contributed by atoms with van der Waals surface area (Å²) in [5.74, 6) is -0.744. The van der Waals surface area contributed by atoms with E-state index in [1.54, 1.807) is 31.2 Å². The topological polar surface area (TPSA) is 159 Å². The molecule has 2 N–H and O–H groups in total. The Hall–Kier alpha value is -2.87.